The highest BCUT2D eigenvalue weighted by Gasteiger charge is 2.28. The molecule has 0 spiro atoms. The summed E-state index contributed by atoms with van der Waals surface area (Å²) < 4.78 is 0. The highest BCUT2D eigenvalue weighted by molar-refractivity contribution is 6.18. The SMILES string of the molecule is N#Cc1ccc(-c2ccc(-c3ccc(C4=NC5c6ncccc6C=CC5C=C4)c4ccccc34)cc2)cc1. The zero-order chi connectivity index (χ0) is 25.5. The van der Waals surface area contributed by atoms with E-state index in [0.29, 0.717) is 5.56 Å². The number of fused-ring (bicyclic) bond motifs is 4. The number of dihydropyridines is 1. The number of hydrogen-bond donors (Lipinski definition) is 0. The second-order valence-electron chi connectivity index (χ2n) is 9.71. The molecule has 3 nitrogen and oxygen atoms in total. The molecule has 2 atom stereocenters. The number of nitrogens with zero attached hydrogens (tertiary/aromatic N) is 3. The Morgan fingerprint density at radius 1 is 0.632 bits per heavy atom. The molecule has 2 heterocycles. The van der Waals surface area contributed by atoms with Crippen LogP contribution in [0.3, 0.4) is 0 Å². The summed E-state index contributed by atoms with van der Waals surface area (Å²) in [7, 11) is 0. The second kappa shape index (κ2) is 9.10. The van der Waals surface area contributed by atoms with Gasteiger partial charge in [-0.2, -0.15) is 5.26 Å². The van der Waals surface area contributed by atoms with Crippen LogP contribution in [0, 0.1) is 17.2 Å². The maximum absolute atomic E-state index is 9.07. The van der Waals surface area contributed by atoms with Crippen molar-refractivity contribution in [3.63, 3.8) is 0 Å². The first-order valence-corrected chi connectivity index (χ1v) is 12.8. The van der Waals surface area contributed by atoms with E-state index in [1.165, 1.54) is 21.9 Å². The molecule has 0 N–H and O–H groups in total. The lowest BCUT2D eigenvalue weighted by Crippen LogP contribution is -2.19. The number of allylic oxidation sites excluding steroid dienone is 1. The summed E-state index contributed by atoms with van der Waals surface area (Å²) in [5, 5.41) is 11.5. The van der Waals surface area contributed by atoms with Crippen LogP contribution in [-0.2, 0) is 0 Å². The fraction of sp³-hybridized carbons (Fsp3) is 0.0571. The Hall–Kier alpha value is -5.07. The van der Waals surface area contributed by atoms with Gasteiger partial charge in [-0.15, -0.1) is 0 Å². The Morgan fingerprint density at radius 2 is 1.29 bits per heavy atom. The molecule has 38 heavy (non-hydrogen) atoms. The quantitative estimate of drug-likeness (QED) is 0.259. The molecule has 0 radical (unpaired) electrons. The third kappa shape index (κ3) is 3.75. The number of benzene rings is 4. The maximum Gasteiger partial charge on any atom is 0.103 e. The van der Waals surface area contributed by atoms with Crippen LogP contribution in [0.25, 0.3) is 39.1 Å². The number of aromatic nitrogens is 1. The van der Waals surface area contributed by atoms with Crippen LogP contribution in [-0.4, -0.2) is 10.7 Å². The van der Waals surface area contributed by atoms with E-state index in [4.69, 9.17) is 10.3 Å². The van der Waals surface area contributed by atoms with E-state index in [1.807, 2.05) is 36.5 Å². The zero-order valence-corrected chi connectivity index (χ0v) is 20.6. The standard InChI is InChI=1S/C35H23N3/c36-22-23-7-9-24(10-8-23)25-11-13-26(14-12-25)29-18-19-32(31-6-2-1-5-30(29)31)33-20-17-28-16-15-27-4-3-21-37-34(27)35(28)38-33/h1-21,28,35H. The van der Waals surface area contributed by atoms with Gasteiger partial charge in [-0.3, -0.25) is 9.98 Å². The van der Waals surface area contributed by atoms with Crippen molar-refractivity contribution in [2.45, 2.75) is 6.04 Å². The van der Waals surface area contributed by atoms with Crippen LogP contribution in [0.4, 0.5) is 0 Å². The highest BCUT2D eigenvalue weighted by atomic mass is 14.9. The summed E-state index contributed by atoms with van der Waals surface area (Å²) in [4.78, 5) is 9.90. The van der Waals surface area contributed by atoms with Crippen LogP contribution in [0.2, 0.25) is 0 Å². The number of aliphatic imine (C=N–C) groups is 1. The Bertz CT molecular complexity index is 1820. The summed E-state index contributed by atoms with van der Waals surface area (Å²) in [6, 6.07) is 35.6. The molecule has 0 amide bonds. The lowest BCUT2D eigenvalue weighted by atomic mass is 9.85. The van der Waals surface area contributed by atoms with Gasteiger partial charge in [0.25, 0.3) is 0 Å². The van der Waals surface area contributed by atoms with Gasteiger partial charge in [0.15, 0.2) is 0 Å². The van der Waals surface area contributed by atoms with Crippen molar-refractivity contribution in [1.29, 1.82) is 5.26 Å². The molecule has 1 aliphatic heterocycles. The topological polar surface area (TPSA) is 49.0 Å². The molecule has 7 rings (SSSR count). The minimum absolute atomic E-state index is 0.00408. The molecule has 0 fully saturated rings. The summed E-state index contributed by atoms with van der Waals surface area (Å²) >= 11 is 0. The van der Waals surface area contributed by atoms with E-state index >= 15 is 0 Å². The predicted octanol–water partition coefficient (Wildman–Crippen LogP) is 8.18. The van der Waals surface area contributed by atoms with E-state index in [2.05, 4.69) is 102 Å². The number of nitriles is 1. The molecular formula is C35H23N3. The van der Waals surface area contributed by atoms with Crippen molar-refractivity contribution in [3.8, 4) is 28.3 Å². The van der Waals surface area contributed by atoms with Crippen LogP contribution < -0.4 is 0 Å². The molecule has 0 saturated carbocycles. The van der Waals surface area contributed by atoms with Crippen molar-refractivity contribution in [2.24, 2.45) is 10.9 Å². The minimum atomic E-state index is 0.00408. The zero-order valence-electron chi connectivity index (χ0n) is 20.6. The summed E-state index contributed by atoms with van der Waals surface area (Å²) in [5.41, 5.74) is 9.60. The van der Waals surface area contributed by atoms with Crippen LogP contribution in [0.5, 0.6) is 0 Å². The van der Waals surface area contributed by atoms with Gasteiger partial charge < -0.3 is 0 Å². The first kappa shape index (κ1) is 22.2. The summed E-state index contributed by atoms with van der Waals surface area (Å²) in [5.74, 6) is 0.237. The molecule has 5 aromatic rings. The van der Waals surface area contributed by atoms with Gasteiger partial charge in [0.1, 0.15) is 6.04 Å². The third-order valence-corrected chi connectivity index (χ3v) is 7.51. The van der Waals surface area contributed by atoms with Gasteiger partial charge in [0.05, 0.1) is 23.0 Å². The molecule has 178 valence electrons. The number of pyridine rings is 1. The van der Waals surface area contributed by atoms with Gasteiger partial charge >= 0.3 is 0 Å². The molecule has 0 saturated heterocycles. The first-order chi connectivity index (χ1) is 18.8. The van der Waals surface area contributed by atoms with Crippen LogP contribution in [0.1, 0.15) is 28.4 Å². The van der Waals surface area contributed by atoms with Gasteiger partial charge in [-0.05, 0) is 62.9 Å². The van der Waals surface area contributed by atoms with Crippen LogP contribution in [0.15, 0.2) is 126 Å². The smallest absolute Gasteiger partial charge is 0.103 e. The second-order valence-corrected chi connectivity index (χ2v) is 9.71. The van der Waals surface area contributed by atoms with E-state index in [0.717, 1.165) is 33.7 Å². The van der Waals surface area contributed by atoms with E-state index < -0.39 is 0 Å². The van der Waals surface area contributed by atoms with Gasteiger partial charge in [0, 0.05) is 17.7 Å². The van der Waals surface area contributed by atoms with Crippen LogP contribution >= 0.6 is 0 Å². The number of rotatable bonds is 3. The summed E-state index contributed by atoms with van der Waals surface area (Å²) in [6.45, 7) is 0. The molecular weight excluding hydrogens is 462 g/mol. The van der Waals surface area contributed by atoms with Crippen molar-refractivity contribution >= 4 is 22.6 Å². The van der Waals surface area contributed by atoms with Crippen molar-refractivity contribution in [2.75, 3.05) is 0 Å². The van der Waals surface area contributed by atoms with Crippen molar-refractivity contribution < 1.29 is 0 Å². The Labute approximate surface area is 221 Å². The average molecular weight is 486 g/mol. The molecule has 1 aliphatic carbocycles. The van der Waals surface area contributed by atoms with Gasteiger partial charge in [-0.1, -0.05) is 97.1 Å². The average Bonchev–Trinajstić information content (AvgIpc) is 3.00. The molecule has 4 aromatic carbocycles. The summed E-state index contributed by atoms with van der Waals surface area (Å²) in [6.07, 6.45) is 10.7. The normalized spacial score (nSPS) is 17.4. The van der Waals surface area contributed by atoms with E-state index in [9.17, 15) is 0 Å². The Balaban J connectivity index is 1.27. The Morgan fingerprint density at radius 3 is 2.05 bits per heavy atom. The molecule has 3 heteroatoms. The molecule has 0 bridgehead atoms. The van der Waals surface area contributed by atoms with E-state index in [-0.39, 0.29) is 12.0 Å². The Kier molecular flexibility index (Phi) is 5.31. The monoisotopic (exact) mass is 485 g/mol. The largest absolute Gasteiger partial charge is 0.274 e. The first-order valence-electron chi connectivity index (χ1n) is 12.8. The maximum atomic E-state index is 9.07. The molecule has 2 unspecified atom stereocenters. The lowest BCUT2D eigenvalue weighted by Gasteiger charge is -2.27. The molecule has 1 aromatic heterocycles. The minimum Gasteiger partial charge on any atom is -0.274 e. The fourth-order valence-electron chi connectivity index (χ4n) is 5.54. The fourth-order valence-corrected chi connectivity index (χ4v) is 5.54. The molecule has 2 aliphatic rings. The van der Waals surface area contributed by atoms with Gasteiger partial charge in [0.2, 0.25) is 0 Å². The lowest BCUT2D eigenvalue weighted by molar-refractivity contribution is 0.591. The van der Waals surface area contributed by atoms with Crippen molar-refractivity contribution in [3.05, 3.63) is 144 Å². The predicted molar refractivity (Wildman–Crippen MR) is 155 cm³/mol. The van der Waals surface area contributed by atoms with E-state index in [1.54, 1.807) is 0 Å². The third-order valence-electron chi connectivity index (χ3n) is 7.51. The van der Waals surface area contributed by atoms with Crippen molar-refractivity contribution in [1.82, 2.24) is 4.98 Å². The van der Waals surface area contributed by atoms with Gasteiger partial charge in [-0.25, -0.2) is 0 Å². The highest BCUT2D eigenvalue weighted by Crippen LogP contribution is 2.39. The number of hydrogen-bond acceptors (Lipinski definition) is 3.